The fourth-order valence-electron chi connectivity index (χ4n) is 2.31. The number of pyridine rings is 1. The summed E-state index contributed by atoms with van der Waals surface area (Å²) in [6.45, 7) is 8.35. The molecule has 2 N–H and O–H groups in total. The van der Waals surface area contributed by atoms with E-state index in [-0.39, 0.29) is 17.4 Å². The van der Waals surface area contributed by atoms with Crippen LogP contribution in [0.1, 0.15) is 54.8 Å². The normalized spacial score (nSPS) is 13.2. The van der Waals surface area contributed by atoms with Crippen molar-refractivity contribution < 1.29 is 4.79 Å². The third-order valence-corrected chi connectivity index (χ3v) is 4.73. The highest BCUT2D eigenvalue weighted by molar-refractivity contribution is 7.09. The van der Waals surface area contributed by atoms with Gasteiger partial charge in [-0.25, -0.2) is 9.97 Å². The number of thiazole rings is 1. The molecule has 0 fully saturated rings. The Bertz CT molecular complexity index is 844. The Hall–Kier alpha value is -2.21. The SMILES string of the molecule is C[C@@H](NC(=O)c1c[nH]c2ncccc12)c1nc(C(C)(C)C)cs1. The van der Waals surface area contributed by atoms with E-state index in [0.717, 1.165) is 21.7 Å². The molecule has 1 atom stereocenters. The smallest absolute Gasteiger partial charge is 0.254 e. The molecule has 3 rings (SSSR count). The van der Waals surface area contributed by atoms with Gasteiger partial charge in [-0.1, -0.05) is 20.8 Å². The molecule has 0 radical (unpaired) electrons. The molecule has 0 aliphatic heterocycles. The van der Waals surface area contributed by atoms with Gasteiger partial charge in [-0.3, -0.25) is 4.79 Å². The van der Waals surface area contributed by atoms with E-state index in [0.29, 0.717) is 5.56 Å². The third-order valence-electron chi connectivity index (χ3n) is 3.70. The zero-order valence-electron chi connectivity index (χ0n) is 13.7. The summed E-state index contributed by atoms with van der Waals surface area (Å²) in [5.41, 5.74) is 2.39. The Kier molecular flexibility index (Phi) is 3.93. The summed E-state index contributed by atoms with van der Waals surface area (Å²) < 4.78 is 0. The minimum atomic E-state index is -0.134. The Morgan fingerprint density at radius 2 is 2.17 bits per heavy atom. The van der Waals surface area contributed by atoms with E-state index in [9.17, 15) is 4.79 Å². The first-order chi connectivity index (χ1) is 10.9. The number of nitrogens with one attached hydrogen (secondary N) is 2. The van der Waals surface area contributed by atoms with Crippen LogP contribution in [0.3, 0.4) is 0 Å². The van der Waals surface area contributed by atoms with Gasteiger partial charge in [0.1, 0.15) is 10.7 Å². The lowest BCUT2D eigenvalue weighted by Crippen LogP contribution is -2.26. The van der Waals surface area contributed by atoms with Gasteiger partial charge in [0.2, 0.25) is 0 Å². The van der Waals surface area contributed by atoms with Crippen LogP contribution >= 0.6 is 11.3 Å². The van der Waals surface area contributed by atoms with Gasteiger partial charge in [0, 0.05) is 28.6 Å². The summed E-state index contributed by atoms with van der Waals surface area (Å²) in [5, 5.41) is 6.82. The molecule has 3 aromatic rings. The van der Waals surface area contributed by atoms with Crippen molar-refractivity contribution in [1.82, 2.24) is 20.3 Å². The maximum absolute atomic E-state index is 12.5. The average molecular weight is 328 g/mol. The Morgan fingerprint density at radius 1 is 1.39 bits per heavy atom. The second-order valence-corrected chi connectivity index (χ2v) is 7.51. The molecule has 3 aromatic heterocycles. The van der Waals surface area contributed by atoms with Crippen LogP contribution < -0.4 is 5.32 Å². The van der Waals surface area contributed by atoms with Gasteiger partial charge in [-0.05, 0) is 19.1 Å². The summed E-state index contributed by atoms with van der Waals surface area (Å²) in [6, 6.07) is 3.58. The van der Waals surface area contributed by atoms with Crippen molar-refractivity contribution in [3.05, 3.63) is 46.2 Å². The molecule has 5 nitrogen and oxygen atoms in total. The van der Waals surface area contributed by atoms with Crippen molar-refractivity contribution >= 4 is 28.3 Å². The van der Waals surface area contributed by atoms with Crippen LogP contribution in [-0.2, 0) is 5.41 Å². The molecule has 1 amide bonds. The molecule has 3 heterocycles. The number of rotatable bonds is 3. The third kappa shape index (κ3) is 3.12. The highest BCUT2D eigenvalue weighted by Crippen LogP contribution is 2.27. The first-order valence-electron chi connectivity index (χ1n) is 7.55. The van der Waals surface area contributed by atoms with Crippen LogP contribution in [0.2, 0.25) is 0 Å². The Morgan fingerprint density at radius 3 is 2.87 bits per heavy atom. The lowest BCUT2D eigenvalue weighted by Gasteiger charge is -2.15. The van der Waals surface area contributed by atoms with Crippen LogP contribution in [0.25, 0.3) is 11.0 Å². The molecule has 0 spiro atoms. The number of carbonyl (C=O) groups excluding carboxylic acids is 1. The molecule has 0 saturated carbocycles. The van der Waals surface area contributed by atoms with Gasteiger partial charge < -0.3 is 10.3 Å². The van der Waals surface area contributed by atoms with Gasteiger partial charge in [-0.15, -0.1) is 11.3 Å². The number of nitrogens with zero attached hydrogens (tertiary/aromatic N) is 2. The van der Waals surface area contributed by atoms with E-state index >= 15 is 0 Å². The van der Waals surface area contributed by atoms with Crippen LogP contribution in [0, 0.1) is 0 Å². The highest BCUT2D eigenvalue weighted by Gasteiger charge is 2.21. The van der Waals surface area contributed by atoms with Gasteiger partial charge in [0.15, 0.2) is 0 Å². The van der Waals surface area contributed by atoms with Gasteiger partial charge in [0.25, 0.3) is 5.91 Å². The lowest BCUT2D eigenvalue weighted by molar-refractivity contribution is 0.0941. The number of H-pyrrole nitrogens is 1. The van der Waals surface area contributed by atoms with Crippen molar-refractivity contribution in [1.29, 1.82) is 0 Å². The first kappa shape index (κ1) is 15.7. The molecule has 23 heavy (non-hydrogen) atoms. The largest absolute Gasteiger partial charge is 0.345 e. The van der Waals surface area contributed by atoms with E-state index in [1.807, 2.05) is 19.1 Å². The fourth-order valence-corrected chi connectivity index (χ4v) is 3.36. The molecule has 0 aliphatic rings. The molecule has 0 unspecified atom stereocenters. The molecule has 6 heteroatoms. The van der Waals surface area contributed by atoms with E-state index in [1.165, 1.54) is 0 Å². The standard InChI is InChI=1S/C17H20N4OS/c1-10(16-21-13(9-23-16)17(2,3)4)20-15(22)12-8-19-14-11(12)6-5-7-18-14/h5-10H,1-4H3,(H,18,19)(H,20,22)/t10-/m1/s1. The van der Waals surface area contributed by atoms with Gasteiger partial charge in [0.05, 0.1) is 17.3 Å². The zero-order chi connectivity index (χ0) is 16.6. The Balaban J connectivity index is 1.78. The van der Waals surface area contributed by atoms with Crippen LogP contribution in [0.15, 0.2) is 29.9 Å². The lowest BCUT2D eigenvalue weighted by atomic mass is 9.93. The molecular formula is C17H20N4OS. The van der Waals surface area contributed by atoms with Gasteiger partial charge >= 0.3 is 0 Å². The summed E-state index contributed by atoms with van der Waals surface area (Å²) >= 11 is 1.58. The van der Waals surface area contributed by atoms with Crippen LogP contribution in [-0.4, -0.2) is 20.9 Å². The number of amides is 1. The summed E-state index contributed by atoms with van der Waals surface area (Å²) in [7, 11) is 0. The van der Waals surface area contributed by atoms with E-state index < -0.39 is 0 Å². The molecular weight excluding hydrogens is 308 g/mol. The van der Waals surface area contributed by atoms with Crippen molar-refractivity contribution in [2.75, 3.05) is 0 Å². The van der Waals surface area contributed by atoms with E-state index in [1.54, 1.807) is 23.7 Å². The quantitative estimate of drug-likeness (QED) is 0.768. The number of aromatic nitrogens is 3. The minimum Gasteiger partial charge on any atom is -0.345 e. The Labute approximate surface area is 139 Å². The first-order valence-corrected chi connectivity index (χ1v) is 8.43. The van der Waals surface area contributed by atoms with Crippen molar-refractivity contribution in [3.8, 4) is 0 Å². The highest BCUT2D eigenvalue weighted by atomic mass is 32.1. The van der Waals surface area contributed by atoms with Crippen LogP contribution in [0.4, 0.5) is 0 Å². The van der Waals surface area contributed by atoms with Crippen molar-refractivity contribution in [2.24, 2.45) is 0 Å². The molecule has 0 aliphatic carbocycles. The second-order valence-electron chi connectivity index (χ2n) is 6.62. The fraction of sp³-hybridized carbons (Fsp3) is 0.353. The zero-order valence-corrected chi connectivity index (χ0v) is 14.5. The second kappa shape index (κ2) is 5.77. The molecule has 120 valence electrons. The van der Waals surface area contributed by atoms with E-state index in [4.69, 9.17) is 0 Å². The maximum atomic E-state index is 12.5. The topological polar surface area (TPSA) is 70.7 Å². The summed E-state index contributed by atoms with van der Waals surface area (Å²) in [6.07, 6.45) is 3.40. The minimum absolute atomic E-state index is 0.0149. The number of hydrogen-bond acceptors (Lipinski definition) is 4. The summed E-state index contributed by atoms with van der Waals surface area (Å²) in [4.78, 5) is 24.4. The van der Waals surface area contributed by atoms with Crippen LogP contribution in [0.5, 0.6) is 0 Å². The predicted molar refractivity (Wildman–Crippen MR) is 92.8 cm³/mol. The number of aromatic amines is 1. The number of carbonyl (C=O) groups is 1. The molecule has 0 saturated heterocycles. The number of hydrogen-bond donors (Lipinski definition) is 2. The van der Waals surface area contributed by atoms with E-state index in [2.05, 4.69) is 46.4 Å². The average Bonchev–Trinajstić information content (AvgIpc) is 3.14. The number of fused-ring (bicyclic) bond motifs is 1. The maximum Gasteiger partial charge on any atom is 0.254 e. The predicted octanol–water partition coefficient (Wildman–Crippen LogP) is 3.81. The molecule has 0 bridgehead atoms. The van der Waals surface area contributed by atoms with Crippen molar-refractivity contribution in [2.45, 2.75) is 39.2 Å². The molecule has 0 aromatic carbocycles. The summed E-state index contributed by atoms with van der Waals surface area (Å²) in [5.74, 6) is -0.121. The van der Waals surface area contributed by atoms with Gasteiger partial charge in [-0.2, -0.15) is 0 Å². The van der Waals surface area contributed by atoms with Crippen molar-refractivity contribution in [3.63, 3.8) is 0 Å². The monoisotopic (exact) mass is 328 g/mol.